The summed E-state index contributed by atoms with van der Waals surface area (Å²) in [5.41, 5.74) is 0.709. The van der Waals surface area contributed by atoms with Gasteiger partial charge in [-0.25, -0.2) is 0 Å². The lowest BCUT2D eigenvalue weighted by Gasteiger charge is -2.36. The van der Waals surface area contributed by atoms with Gasteiger partial charge in [-0.2, -0.15) is 0 Å². The van der Waals surface area contributed by atoms with Crippen molar-refractivity contribution >= 4 is 16.9 Å². The van der Waals surface area contributed by atoms with Gasteiger partial charge in [-0.3, -0.25) is 4.79 Å². The highest BCUT2D eigenvalue weighted by molar-refractivity contribution is 8.15. The Bertz CT molecular complexity index is 290. The largest absolute Gasteiger partial charge is 0.282 e. The van der Waals surface area contributed by atoms with Crippen molar-refractivity contribution in [2.45, 2.75) is 89.2 Å². The summed E-state index contributed by atoms with van der Waals surface area (Å²) < 4.78 is 0.237. The molecule has 0 bridgehead atoms. The monoisotopic (exact) mass is 282 g/mol. The minimum Gasteiger partial charge on any atom is -0.282 e. The van der Waals surface area contributed by atoms with Crippen molar-refractivity contribution in [1.82, 2.24) is 0 Å². The average molecular weight is 282 g/mol. The summed E-state index contributed by atoms with van der Waals surface area (Å²) >= 11 is 1.60. The highest BCUT2D eigenvalue weighted by atomic mass is 32.2. The molecule has 0 aromatic rings. The van der Waals surface area contributed by atoms with Gasteiger partial charge in [-0.1, -0.05) is 76.6 Å². The van der Waals surface area contributed by atoms with E-state index in [0.29, 0.717) is 5.57 Å². The first-order valence-corrected chi connectivity index (χ1v) is 8.80. The van der Waals surface area contributed by atoms with E-state index in [4.69, 9.17) is 0 Å². The van der Waals surface area contributed by atoms with Crippen LogP contribution < -0.4 is 0 Å². The predicted molar refractivity (Wildman–Crippen MR) is 86.6 cm³/mol. The highest BCUT2D eigenvalue weighted by Crippen LogP contribution is 2.44. The van der Waals surface area contributed by atoms with Crippen LogP contribution in [-0.2, 0) is 4.79 Å². The second-order valence-electron chi connectivity index (χ2n) is 6.08. The Hall–Kier alpha value is -0.240. The van der Waals surface area contributed by atoms with Crippen molar-refractivity contribution in [2.75, 3.05) is 0 Å². The van der Waals surface area contributed by atoms with Gasteiger partial charge in [0.05, 0.1) is 0 Å². The van der Waals surface area contributed by atoms with Crippen LogP contribution in [0.1, 0.15) is 84.5 Å². The lowest BCUT2D eigenvalue weighted by Crippen LogP contribution is -2.29. The van der Waals surface area contributed by atoms with Crippen molar-refractivity contribution < 1.29 is 4.79 Å². The number of carbonyl (C=O) groups is 1. The summed E-state index contributed by atoms with van der Waals surface area (Å²) in [5.74, 6) is 0. The van der Waals surface area contributed by atoms with Gasteiger partial charge in [-0.15, -0.1) is 0 Å². The van der Waals surface area contributed by atoms with Crippen molar-refractivity contribution in [3.8, 4) is 0 Å². The first-order valence-electron chi connectivity index (χ1n) is 7.98. The molecular formula is C17H30OS. The van der Waals surface area contributed by atoms with Gasteiger partial charge >= 0.3 is 0 Å². The third-order valence-corrected chi connectivity index (χ3v) is 5.74. The molecule has 0 aromatic heterocycles. The third-order valence-electron chi connectivity index (χ3n) is 4.16. The van der Waals surface area contributed by atoms with Gasteiger partial charge in [0.15, 0.2) is 0 Å². The fourth-order valence-corrected chi connectivity index (χ4v) is 4.24. The third kappa shape index (κ3) is 6.16. The molecule has 1 aliphatic carbocycles. The maximum absolute atomic E-state index is 12.0. The molecule has 0 amide bonds. The summed E-state index contributed by atoms with van der Waals surface area (Å²) in [6, 6.07) is 0. The summed E-state index contributed by atoms with van der Waals surface area (Å²) in [7, 11) is 0. The molecule has 110 valence electrons. The van der Waals surface area contributed by atoms with E-state index in [1.807, 2.05) is 6.92 Å². The zero-order valence-electron chi connectivity index (χ0n) is 12.8. The smallest absolute Gasteiger partial charge is 0.214 e. The van der Waals surface area contributed by atoms with E-state index in [9.17, 15) is 4.79 Å². The Labute approximate surface area is 123 Å². The topological polar surface area (TPSA) is 17.1 Å². The number of carbonyl (C=O) groups excluding carboxylic acids is 1. The quantitative estimate of drug-likeness (QED) is 0.408. The van der Waals surface area contributed by atoms with Gasteiger partial charge in [0.25, 0.3) is 0 Å². The van der Waals surface area contributed by atoms with Crippen molar-refractivity contribution in [3.63, 3.8) is 0 Å². The van der Waals surface area contributed by atoms with E-state index < -0.39 is 0 Å². The minimum atomic E-state index is 0.218. The van der Waals surface area contributed by atoms with Crippen LogP contribution in [0.4, 0.5) is 0 Å². The van der Waals surface area contributed by atoms with E-state index in [0.717, 1.165) is 0 Å². The molecule has 0 spiro atoms. The lowest BCUT2D eigenvalue weighted by molar-refractivity contribution is -0.107. The van der Waals surface area contributed by atoms with Crippen LogP contribution >= 0.6 is 11.8 Å². The van der Waals surface area contributed by atoms with Gasteiger partial charge in [0, 0.05) is 4.75 Å². The zero-order valence-corrected chi connectivity index (χ0v) is 13.6. The van der Waals surface area contributed by atoms with Crippen LogP contribution in [-0.4, -0.2) is 9.86 Å². The molecule has 0 aromatic carbocycles. The molecule has 0 radical (unpaired) electrons. The van der Waals surface area contributed by atoms with E-state index in [2.05, 4.69) is 13.5 Å². The first kappa shape index (κ1) is 16.8. The molecule has 1 saturated carbocycles. The number of unbranched alkanes of at least 4 members (excludes halogenated alkanes) is 4. The van der Waals surface area contributed by atoms with Gasteiger partial charge in [-0.05, 0) is 31.8 Å². The van der Waals surface area contributed by atoms with Crippen LogP contribution in [0.2, 0.25) is 0 Å². The van der Waals surface area contributed by atoms with Crippen molar-refractivity contribution in [3.05, 3.63) is 12.2 Å². The second kappa shape index (κ2) is 8.84. The predicted octanol–water partition coefficient (Wildman–Crippen LogP) is 5.89. The molecule has 1 nitrogen and oxygen atoms in total. The molecule has 0 heterocycles. The molecular weight excluding hydrogens is 252 g/mol. The van der Waals surface area contributed by atoms with Gasteiger partial charge < -0.3 is 0 Å². The normalized spacial score (nSPS) is 18.2. The van der Waals surface area contributed by atoms with Crippen LogP contribution in [0.25, 0.3) is 0 Å². The SMILES string of the molecule is C=C(C)C(=O)SC1(CCCCCCC)CCCCC1. The van der Waals surface area contributed by atoms with Crippen LogP contribution in [0, 0.1) is 0 Å². The Morgan fingerprint density at radius 2 is 1.74 bits per heavy atom. The van der Waals surface area contributed by atoms with Crippen LogP contribution in [0.5, 0.6) is 0 Å². The molecule has 0 saturated heterocycles. The number of hydrogen-bond donors (Lipinski definition) is 0. The van der Waals surface area contributed by atoms with Crippen molar-refractivity contribution in [2.24, 2.45) is 0 Å². The summed E-state index contributed by atoms with van der Waals surface area (Å²) in [6.07, 6.45) is 14.2. The Kier molecular flexibility index (Phi) is 7.82. The molecule has 0 N–H and O–H groups in total. The molecule has 1 fully saturated rings. The fourth-order valence-electron chi connectivity index (χ4n) is 2.93. The van der Waals surface area contributed by atoms with Crippen molar-refractivity contribution in [1.29, 1.82) is 0 Å². The Morgan fingerprint density at radius 1 is 1.11 bits per heavy atom. The molecule has 0 atom stereocenters. The molecule has 19 heavy (non-hydrogen) atoms. The Balaban J connectivity index is 2.45. The van der Waals surface area contributed by atoms with E-state index in [1.54, 1.807) is 11.8 Å². The van der Waals surface area contributed by atoms with Gasteiger partial charge in [0.1, 0.15) is 0 Å². The molecule has 2 heteroatoms. The highest BCUT2D eigenvalue weighted by Gasteiger charge is 2.34. The second-order valence-corrected chi connectivity index (χ2v) is 7.52. The molecule has 0 aliphatic heterocycles. The number of rotatable bonds is 8. The maximum atomic E-state index is 12.0. The van der Waals surface area contributed by atoms with E-state index >= 15 is 0 Å². The summed E-state index contributed by atoms with van der Waals surface area (Å²) in [5, 5.41) is 0.218. The zero-order chi connectivity index (χ0) is 14.1. The molecule has 1 aliphatic rings. The standard InChI is InChI=1S/C17H30OS/c1-4-5-6-7-9-12-17(13-10-8-11-14-17)19-16(18)15(2)3/h2,4-14H2,1,3H3. The lowest BCUT2D eigenvalue weighted by atomic mass is 9.84. The molecule has 0 unspecified atom stereocenters. The number of hydrogen-bond acceptors (Lipinski definition) is 2. The number of thioether (sulfide) groups is 1. The summed E-state index contributed by atoms with van der Waals surface area (Å²) in [6.45, 7) is 7.90. The maximum Gasteiger partial charge on any atom is 0.214 e. The van der Waals surface area contributed by atoms with Gasteiger partial charge in [0.2, 0.25) is 5.12 Å². The Morgan fingerprint density at radius 3 is 2.32 bits per heavy atom. The fraction of sp³-hybridized carbons (Fsp3) is 0.824. The minimum absolute atomic E-state index is 0.218. The van der Waals surface area contributed by atoms with Crippen LogP contribution in [0.3, 0.4) is 0 Å². The summed E-state index contributed by atoms with van der Waals surface area (Å²) in [4.78, 5) is 12.0. The average Bonchev–Trinajstić information content (AvgIpc) is 2.39. The first-order chi connectivity index (χ1) is 9.09. The molecule has 1 rings (SSSR count). The van der Waals surface area contributed by atoms with E-state index in [-0.39, 0.29) is 9.86 Å². The van der Waals surface area contributed by atoms with E-state index in [1.165, 1.54) is 70.6 Å². The van der Waals surface area contributed by atoms with Crippen LogP contribution in [0.15, 0.2) is 12.2 Å².